The van der Waals surface area contributed by atoms with E-state index in [1.165, 1.54) is 0 Å². The molecule has 3 nitrogen and oxygen atoms in total. The first kappa shape index (κ1) is 10.5. The molecule has 0 aromatic rings. The van der Waals surface area contributed by atoms with E-state index in [-0.39, 0.29) is 6.04 Å². The zero-order chi connectivity index (χ0) is 9.84. The van der Waals surface area contributed by atoms with Crippen LogP contribution >= 0.6 is 0 Å². The molecule has 0 spiro atoms. The maximum absolute atomic E-state index is 10.6. The van der Waals surface area contributed by atoms with E-state index in [9.17, 15) is 4.79 Å². The van der Waals surface area contributed by atoms with Gasteiger partial charge >= 0.3 is 5.97 Å². The van der Waals surface area contributed by atoms with Gasteiger partial charge in [-0.15, -0.1) is 0 Å². The second kappa shape index (κ2) is 4.61. The second-order valence-electron chi connectivity index (χ2n) is 4.10. The molecule has 1 rings (SSSR count). The van der Waals surface area contributed by atoms with Crippen molar-refractivity contribution in [1.82, 2.24) is 4.90 Å². The Morgan fingerprint density at radius 2 is 2.23 bits per heavy atom. The van der Waals surface area contributed by atoms with Gasteiger partial charge < -0.3 is 5.11 Å². The first-order chi connectivity index (χ1) is 6.13. The van der Waals surface area contributed by atoms with E-state index >= 15 is 0 Å². The van der Waals surface area contributed by atoms with Gasteiger partial charge in [0.15, 0.2) is 0 Å². The smallest absolute Gasteiger partial charge is 0.304 e. The molecule has 3 heteroatoms. The van der Waals surface area contributed by atoms with Crippen molar-refractivity contribution in [2.75, 3.05) is 13.1 Å². The summed E-state index contributed by atoms with van der Waals surface area (Å²) in [4.78, 5) is 12.9. The zero-order valence-corrected chi connectivity index (χ0v) is 8.49. The van der Waals surface area contributed by atoms with Gasteiger partial charge in [-0.2, -0.15) is 0 Å². The van der Waals surface area contributed by atoms with Crippen LogP contribution in [0.2, 0.25) is 0 Å². The zero-order valence-electron chi connectivity index (χ0n) is 8.49. The highest BCUT2D eigenvalue weighted by Crippen LogP contribution is 2.22. The SMILES string of the molecule is CCCC(CC(=O)O)N1CC(C)C1. The lowest BCUT2D eigenvalue weighted by Gasteiger charge is -2.42. The Bertz CT molecular complexity index is 176. The summed E-state index contributed by atoms with van der Waals surface area (Å²) < 4.78 is 0. The molecule has 1 atom stereocenters. The molecule has 0 aromatic carbocycles. The summed E-state index contributed by atoms with van der Waals surface area (Å²) in [5.74, 6) is 0.0890. The molecular weight excluding hydrogens is 166 g/mol. The Hall–Kier alpha value is -0.570. The first-order valence-electron chi connectivity index (χ1n) is 5.09. The Morgan fingerprint density at radius 3 is 2.62 bits per heavy atom. The minimum absolute atomic E-state index is 0.277. The average Bonchev–Trinajstić information content (AvgIpc) is 1.97. The van der Waals surface area contributed by atoms with Gasteiger partial charge in [0.1, 0.15) is 0 Å². The predicted octanol–water partition coefficient (Wildman–Crippen LogP) is 1.58. The standard InChI is InChI=1S/C10H19NO2/c1-3-4-9(5-10(12)13)11-6-8(2)7-11/h8-9H,3-7H2,1-2H3,(H,12,13). The fourth-order valence-electron chi connectivity index (χ4n) is 1.99. The van der Waals surface area contributed by atoms with Crippen LogP contribution in [0.15, 0.2) is 0 Å². The summed E-state index contributed by atoms with van der Waals surface area (Å²) in [5.41, 5.74) is 0. The van der Waals surface area contributed by atoms with Crippen LogP contribution in [0.25, 0.3) is 0 Å². The van der Waals surface area contributed by atoms with Gasteiger partial charge in [0.05, 0.1) is 6.42 Å². The van der Waals surface area contributed by atoms with Crippen LogP contribution in [0.1, 0.15) is 33.1 Å². The summed E-state index contributed by atoms with van der Waals surface area (Å²) in [7, 11) is 0. The maximum Gasteiger partial charge on any atom is 0.304 e. The number of carbonyl (C=O) groups is 1. The van der Waals surface area contributed by atoms with E-state index in [0.717, 1.165) is 31.8 Å². The van der Waals surface area contributed by atoms with E-state index in [2.05, 4.69) is 18.7 Å². The first-order valence-corrected chi connectivity index (χ1v) is 5.09. The van der Waals surface area contributed by atoms with Gasteiger partial charge in [-0.05, 0) is 12.3 Å². The molecule has 0 saturated carbocycles. The monoisotopic (exact) mass is 185 g/mol. The van der Waals surface area contributed by atoms with Crippen molar-refractivity contribution in [1.29, 1.82) is 0 Å². The number of nitrogens with zero attached hydrogens (tertiary/aromatic N) is 1. The van der Waals surface area contributed by atoms with Gasteiger partial charge in [-0.25, -0.2) is 0 Å². The third kappa shape index (κ3) is 2.99. The van der Waals surface area contributed by atoms with Crippen molar-refractivity contribution in [2.24, 2.45) is 5.92 Å². The lowest BCUT2D eigenvalue weighted by atomic mass is 9.96. The summed E-state index contributed by atoms with van der Waals surface area (Å²) >= 11 is 0. The molecule has 1 unspecified atom stereocenters. The molecule has 0 aliphatic carbocycles. The molecule has 1 fully saturated rings. The molecule has 0 amide bonds. The van der Waals surface area contributed by atoms with Gasteiger partial charge in [0.25, 0.3) is 0 Å². The topological polar surface area (TPSA) is 40.5 Å². The highest BCUT2D eigenvalue weighted by atomic mass is 16.4. The van der Waals surface area contributed by atoms with Crippen molar-refractivity contribution in [3.05, 3.63) is 0 Å². The molecule has 0 radical (unpaired) electrons. The van der Waals surface area contributed by atoms with Gasteiger partial charge in [0, 0.05) is 19.1 Å². The molecule has 13 heavy (non-hydrogen) atoms. The second-order valence-corrected chi connectivity index (χ2v) is 4.10. The predicted molar refractivity (Wildman–Crippen MR) is 51.7 cm³/mol. The van der Waals surface area contributed by atoms with Crippen molar-refractivity contribution < 1.29 is 9.90 Å². The van der Waals surface area contributed by atoms with Gasteiger partial charge in [-0.1, -0.05) is 20.3 Å². The van der Waals surface area contributed by atoms with Crippen molar-refractivity contribution >= 4 is 5.97 Å². The van der Waals surface area contributed by atoms with Crippen LogP contribution in [-0.2, 0) is 4.79 Å². The van der Waals surface area contributed by atoms with Crippen molar-refractivity contribution in [3.8, 4) is 0 Å². The van der Waals surface area contributed by atoms with Crippen LogP contribution in [-0.4, -0.2) is 35.1 Å². The number of carboxylic acid groups (broad SMARTS) is 1. The molecule has 0 aromatic heterocycles. The molecule has 1 heterocycles. The lowest BCUT2D eigenvalue weighted by Crippen LogP contribution is -2.51. The van der Waals surface area contributed by atoms with Gasteiger partial charge in [-0.3, -0.25) is 9.69 Å². The number of hydrogen-bond donors (Lipinski definition) is 1. The normalized spacial score (nSPS) is 21.1. The summed E-state index contributed by atoms with van der Waals surface area (Å²) in [5, 5.41) is 8.72. The van der Waals surface area contributed by atoms with Crippen LogP contribution in [0, 0.1) is 5.92 Å². The van der Waals surface area contributed by atoms with E-state index in [4.69, 9.17) is 5.11 Å². The Kier molecular flexibility index (Phi) is 3.72. The minimum atomic E-state index is -0.669. The fourth-order valence-corrected chi connectivity index (χ4v) is 1.99. The van der Waals surface area contributed by atoms with E-state index < -0.39 is 5.97 Å². The number of likely N-dealkylation sites (tertiary alicyclic amines) is 1. The summed E-state index contributed by atoms with van der Waals surface area (Å²) in [6.07, 6.45) is 2.39. The minimum Gasteiger partial charge on any atom is -0.481 e. The number of rotatable bonds is 5. The third-order valence-corrected chi connectivity index (χ3v) is 2.64. The quantitative estimate of drug-likeness (QED) is 0.707. The largest absolute Gasteiger partial charge is 0.481 e. The molecular formula is C10H19NO2. The third-order valence-electron chi connectivity index (χ3n) is 2.64. The highest BCUT2D eigenvalue weighted by Gasteiger charge is 2.29. The summed E-state index contributed by atoms with van der Waals surface area (Å²) in [6, 6.07) is 0.277. The van der Waals surface area contributed by atoms with Crippen LogP contribution in [0.3, 0.4) is 0 Å². The Balaban J connectivity index is 2.33. The molecule has 1 aliphatic rings. The molecule has 1 saturated heterocycles. The number of aliphatic carboxylic acids is 1. The van der Waals surface area contributed by atoms with Crippen molar-refractivity contribution in [2.45, 2.75) is 39.2 Å². The summed E-state index contributed by atoms with van der Waals surface area (Å²) in [6.45, 7) is 6.48. The molecule has 1 aliphatic heterocycles. The average molecular weight is 185 g/mol. The van der Waals surface area contributed by atoms with E-state index in [1.54, 1.807) is 0 Å². The maximum atomic E-state index is 10.6. The fraction of sp³-hybridized carbons (Fsp3) is 0.900. The highest BCUT2D eigenvalue weighted by molar-refractivity contribution is 5.67. The van der Waals surface area contributed by atoms with Gasteiger partial charge in [0.2, 0.25) is 0 Å². The number of carboxylic acids is 1. The molecule has 0 bridgehead atoms. The Labute approximate surface area is 79.7 Å². The van der Waals surface area contributed by atoms with Crippen LogP contribution in [0.5, 0.6) is 0 Å². The van der Waals surface area contributed by atoms with Crippen molar-refractivity contribution in [3.63, 3.8) is 0 Å². The van der Waals surface area contributed by atoms with E-state index in [0.29, 0.717) is 6.42 Å². The lowest BCUT2D eigenvalue weighted by molar-refractivity contribution is -0.139. The van der Waals surface area contributed by atoms with Crippen LogP contribution < -0.4 is 0 Å². The Morgan fingerprint density at radius 1 is 1.62 bits per heavy atom. The van der Waals surface area contributed by atoms with E-state index in [1.807, 2.05) is 0 Å². The van der Waals surface area contributed by atoms with Crippen LogP contribution in [0.4, 0.5) is 0 Å². The number of hydrogen-bond acceptors (Lipinski definition) is 2. The molecule has 1 N–H and O–H groups in total. The molecule has 76 valence electrons.